The average molecular weight is 179 g/mol. The molecule has 0 aromatic heterocycles. The lowest BCUT2D eigenvalue weighted by atomic mass is 9.97. The number of hydrazine groups is 1. The number of carbonyl (C=O) groups is 1. The van der Waals surface area contributed by atoms with Crippen molar-refractivity contribution in [2.24, 2.45) is 5.84 Å². The first-order valence-corrected chi connectivity index (χ1v) is 4.35. The summed E-state index contributed by atoms with van der Waals surface area (Å²) in [6.45, 7) is 0.672. The SMILES string of the molecule is CN(N)C1C=C2C(=O)NCC2=CC1. The van der Waals surface area contributed by atoms with Gasteiger partial charge in [-0.05, 0) is 12.0 Å². The second kappa shape index (κ2) is 2.97. The van der Waals surface area contributed by atoms with Gasteiger partial charge in [0.05, 0.1) is 0 Å². The van der Waals surface area contributed by atoms with Gasteiger partial charge in [0, 0.05) is 25.2 Å². The van der Waals surface area contributed by atoms with Crippen molar-refractivity contribution in [1.29, 1.82) is 0 Å². The topological polar surface area (TPSA) is 58.4 Å². The Morgan fingerprint density at radius 2 is 2.46 bits per heavy atom. The maximum Gasteiger partial charge on any atom is 0.251 e. The fourth-order valence-corrected chi connectivity index (χ4v) is 1.68. The highest BCUT2D eigenvalue weighted by Gasteiger charge is 2.26. The van der Waals surface area contributed by atoms with Gasteiger partial charge in [-0.25, -0.2) is 5.01 Å². The lowest BCUT2D eigenvalue weighted by Crippen LogP contribution is -2.37. The van der Waals surface area contributed by atoms with Crippen LogP contribution in [0.15, 0.2) is 23.3 Å². The van der Waals surface area contributed by atoms with E-state index in [-0.39, 0.29) is 11.9 Å². The summed E-state index contributed by atoms with van der Waals surface area (Å²) in [5.41, 5.74) is 1.91. The predicted octanol–water partition coefficient (Wildman–Crippen LogP) is -0.453. The molecule has 1 unspecified atom stereocenters. The van der Waals surface area contributed by atoms with E-state index in [9.17, 15) is 4.79 Å². The van der Waals surface area contributed by atoms with Gasteiger partial charge in [0.1, 0.15) is 0 Å². The van der Waals surface area contributed by atoms with E-state index in [4.69, 9.17) is 5.84 Å². The molecular formula is C9H13N3O. The van der Waals surface area contributed by atoms with Crippen LogP contribution in [0.5, 0.6) is 0 Å². The molecule has 1 fully saturated rings. The Bertz CT molecular complexity index is 304. The van der Waals surface area contributed by atoms with Crippen LogP contribution in [-0.4, -0.2) is 30.6 Å². The molecule has 3 N–H and O–H groups in total. The van der Waals surface area contributed by atoms with Gasteiger partial charge in [-0.1, -0.05) is 12.2 Å². The smallest absolute Gasteiger partial charge is 0.251 e. The summed E-state index contributed by atoms with van der Waals surface area (Å²) in [5, 5.41) is 4.42. The zero-order valence-electron chi connectivity index (χ0n) is 7.58. The standard InChI is InChI=1S/C9H13N3O/c1-12(10)7-3-2-6-5-11-9(13)8(6)4-7/h2,4,7H,3,5,10H2,1H3,(H,11,13). The van der Waals surface area contributed by atoms with E-state index >= 15 is 0 Å². The molecule has 0 spiro atoms. The van der Waals surface area contributed by atoms with Gasteiger partial charge in [0.15, 0.2) is 0 Å². The minimum atomic E-state index is 0.0257. The van der Waals surface area contributed by atoms with E-state index in [0.717, 1.165) is 17.6 Å². The van der Waals surface area contributed by atoms with Gasteiger partial charge in [-0.15, -0.1) is 0 Å². The zero-order chi connectivity index (χ0) is 9.42. The second-order valence-corrected chi connectivity index (χ2v) is 3.46. The van der Waals surface area contributed by atoms with Crippen LogP contribution in [0.25, 0.3) is 0 Å². The number of rotatable bonds is 1. The minimum Gasteiger partial charge on any atom is -0.348 e. The summed E-state index contributed by atoms with van der Waals surface area (Å²) in [4.78, 5) is 11.3. The fraction of sp³-hybridized carbons (Fsp3) is 0.444. The molecule has 0 bridgehead atoms. The predicted molar refractivity (Wildman–Crippen MR) is 49.5 cm³/mol. The first kappa shape index (κ1) is 8.47. The number of nitrogens with two attached hydrogens (primary N) is 1. The Kier molecular flexibility index (Phi) is 1.94. The van der Waals surface area contributed by atoms with E-state index < -0.39 is 0 Å². The minimum absolute atomic E-state index is 0.0257. The number of hydrogen-bond donors (Lipinski definition) is 2. The van der Waals surface area contributed by atoms with Crippen molar-refractivity contribution in [3.63, 3.8) is 0 Å². The van der Waals surface area contributed by atoms with Crippen LogP contribution in [0.4, 0.5) is 0 Å². The van der Waals surface area contributed by atoms with Crippen LogP contribution in [-0.2, 0) is 4.79 Å². The number of fused-ring (bicyclic) bond motifs is 1. The van der Waals surface area contributed by atoms with Gasteiger partial charge in [-0.2, -0.15) is 0 Å². The highest BCUT2D eigenvalue weighted by molar-refractivity contribution is 6.01. The quantitative estimate of drug-likeness (QED) is 0.423. The van der Waals surface area contributed by atoms with Crippen LogP contribution >= 0.6 is 0 Å². The Hall–Kier alpha value is -1.13. The van der Waals surface area contributed by atoms with Crippen molar-refractivity contribution in [3.05, 3.63) is 23.3 Å². The lowest BCUT2D eigenvalue weighted by Gasteiger charge is -2.22. The van der Waals surface area contributed by atoms with Gasteiger partial charge < -0.3 is 5.32 Å². The van der Waals surface area contributed by atoms with Gasteiger partial charge in [0.25, 0.3) is 5.91 Å². The Labute approximate surface area is 77.0 Å². The number of hydrogen-bond acceptors (Lipinski definition) is 3. The molecule has 0 aromatic rings. The molecule has 2 aliphatic rings. The first-order valence-electron chi connectivity index (χ1n) is 4.35. The van der Waals surface area contributed by atoms with E-state index in [1.807, 2.05) is 13.1 Å². The molecule has 1 amide bonds. The fourth-order valence-electron chi connectivity index (χ4n) is 1.68. The number of carbonyl (C=O) groups excluding carboxylic acids is 1. The molecule has 13 heavy (non-hydrogen) atoms. The van der Waals surface area contributed by atoms with Crippen LogP contribution in [0, 0.1) is 0 Å². The third-order valence-corrected chi connectivity index (χ3v) is 2.52. The lowest BCUT2D eigenvalue weighted by molar-refractivity contribution is -0.116. The number of likely N-dealkylation sites (N-methyl/N-ethyl adjacent to an activating group) is 1. The van der Waals surface area contributed by atoms with Crippen molar-refractivity contribution in [2.75, 3.05) is 13.6 Å². The summed E-state index contributed by atoms with van der Waals surface area (Å²) in [7, 11) is 1.81. The molecule has 2 rings (SSSR count). The Morgan fingerprint density at radius 1 is 1.69 bits per heavy atom. The first-order chi connectivity index (χ1) is 6.18. The van der Waals surface area contributed by atoms with Crippen molar-refractivity contribution in [1.82, 2.24) is 10.3 Å². The van der Waals surface area contributed by atoms with Crippen LogP contribution in [0.2, 0.25) is 0 Å². The normalized spacial score (nSPS) is 26.7. The molecule has 1 aliphatic heterocycles. The molecule has 1 atom stereocenters. The molecule has 1 aliphatic carbocycles. The molecule has 0 aromatic carbocycles. The van der Waals surface area contributed by atoms with Crippen molar-refractivity contribution < 1.29 is 4.79 Å². The Morgan fingerprint density at radius 3 is 3.15 bits per heavy atom. The van der Waals surface area contributed by atoms with E-state index in [1.54, 1.807) is 5.01 Å². The summed E-state index contributed by atoms with van der Waals surface area (Å²) in [6, 6.07) is 0.155. The highest BCUT2D eigenvalue weighted by Crippen LogP contribution is 2.23. The molecule has 4 nitrogen and oxygen atoms in total. The van der Waals surface area contributed by atoms with Gasteiger partial charge >= 0.3 is 0 Å². The third-order valence-electron chi connectivity index (χ3n) is 2.52. The summed E-state index contributed by atoms with van der Waals surface area (Å²) in [6.07, 6.45) is 4.92. The maximum atomic E-state index is 11.3. The second-order valence-electron chi connectivity index (χ2n) is 3.46. The summed E-state index contributed by atoms with van der Waals surface area (Å²) >= 11 is 0. The molecule has 4 heteroatoms. The largest absolute Gasteiger partial charge is 0.348 e. The monoisotopic (exact) mass is 179 g/mol. The number of nitrogens with zero attached hydrogens (tertiary/aromatic N) is 1. The van der Waals surface area contributed by atoms with Crippen molar-refractivity contribution in [3.8, 4) is 0 Å². The van der Waals surface area contributed by atoms with Crippen molar-refractivity contribution in [2.45, 2.75) is 12.5 Å². The molecular weight excluding hydrogens is 166 g/mol. The maximum absolute atomic E-state index is 11.3. The van der Waals surface area contributed by atoms with Crippen LogP contribution < -0.4 is 11.2 Å². The Balaban J connectivity index is 2.26. The molecule has 0 saturated carbocycles. The van der Waals surface area contributed by atoms with Gasteiger partial charge in [0.2, 0.25) is 0 Å². The average Bonchev–Trinajstić information content (AvgIpc) is 2.47. The van der Waals surface area contributed by atoms with Crippen LogP contribution in [0.1, 0.15) is 6.42 Å². The zero-order valence-corrected chi connectivity index (χ0v) is 7.58. The number of nitrogens with one attached hydrogen (secondary N) is 1. The summed E-state index contributed by atoms with van der Waals surface area (Å²) in [5.74, 6) is 5.65. The molecule has 1 saturated heterocycles. The molecule has 0 radical (unpaired) electrons. The highest BCUT2D eigenvalue weighted by atomic mass is 16.2. The van der Waals surface area contributed by atoms with E-state index in [2.05, 4.69) is 11.4 Å². The van der Waals surface area contributed by atoms with Crippen LogP contribution in [0.3, 0.4) is 0 Å². The van der Waals surface area contributed by atoms with E-state index in [0.29, 0.717) is 6.54 Å². The summed E-state index contributed by atoms with van der Waals surface area (Å²) < 4.78 is 0. The van der Waals surface area contributed by atoms with Crippen molar-refractivity contribution >= 4 is 5.91 Å². The number of amides is 1. The van der Waals surface area contributed by atoms with Gasteiger partial charge in [-0.3, -0.25) is 10.6 Å². The van der Waals surface area contributed by atoms with E-state index in [1.165, 1.54) is 0 Å². The third kappa shape index (κ3) is 1.38. The molecule has 1 heterocycles. The molecule has 70 valence electrons.